The summed E-state index contributed by atoms with van der Waals surface area (Å²) in [5.74, 6) is 2.94. The van der Waals surface area contributed by atoms with Crippen molar-refractivity contribution in [2.45, 2.75) is 36.9 Å². The van der Waals surface area contributed by atoms with Crippen LogP contribution in [0.4, 0.5) is 5.69 Å². The lowest BCUT2D eigenvalue weighted by Gasteiger charge is -2.20. The van der Waals surface area contributed by atoms with Gasteiger partial charge in [-0.25, -0.2) is 0 Å². The number of alkyl halides is 1. The average Bonchev–Trinajstić information content (AvgIpc) is 2.89. The van der Waals surface area contributed by atoms with Gasteiger partial charge < -0.3 is 5.32 Å². The molecule has 2 nitrogen and oxygen atoms in total. The minimum absolute atomic E-state index is 0.146. The number of aryl methyl sites for hydroxylation is 1. The fourth-order valence-corrected chi connectivity index (χ4v) is 5.18. The van der Waals surface area contributed by atoms with Gasteiger partial charge in [-0.05, 0) is 54.2 Å². The van der Waals surface area contributed by atoms with Gasteiger partial charge in [0.1, 0.15) is 0 Å². The third-order valence-corrected chi connectivity index (χ3v) is 6.29. The van der Waals surface area contributed by atoms with E-state index in [0.29, 0.717) is 11.2 Å². The molecule has 100 valence electrons. The van der Waals surface area contributed by atoms with Gasteiger partial charge in [-0.15, -0.1) is 0 Å². The van der Waals surface area contributed by atoms with Crippen molar-refractivity contribution in [2.24, 2.45) is 17.8 Å². The molecular formula is C16H18BrNO. The Balaban J connectivity index is 1.57. The number of carbonyl (C=O) groups excluding carboxylic acids is 1. The zero-order valence-corrected chi connectivity index (χ0v) is 12.4. The number of hydrogen-bond donors (Lipinski definition) is 1. The Kier molecular flexibility index (Phi) is 2.73. The fraction of sp³-hybridized carbons (Fsp3) is 0.562. The molecule has 2 fully saturated rings. The molecule has 3 heteroatoms. The summed E-state index contributed by atoms with van der Waals surface area (Å²) in [7, 11) is 0. The third-order valence-electron chi connectivity index (χ3n) is 5.15. The maximum atomic E-state index is 11.4. The number of hydrogen-bond acceptors (Lipinski definition) is 1. The van der Waals surface area contributed by atoms with Crippen LogP contribution in [0.25, 0.3) is 0 Å². The molecule has 3 unspecified atom stereocenters. The van der Waals surface area contributed by atoms with Crippen molar-refractivity contribution < 1.29 is 4.79 Å². The minimum Gasteiger partial charge on any atom is -0.326 e. The molecule has 1 aliphatic heterocycles. The molecule has 0 bridgehead atoms. The first-order valence-electron chi connectivity index (χ1n) is 7.31. The van der Waals surface area contributed by atoms with E-state index in [-0.39, 0.29) is 5.91 Å². The van der Waals surface area contributed by atoms with Crippen LogP contribution in [0.2, 0.25) is 0 Å². The molecule has 1 heterocycles. The highest BCUT2D eigenvalue weighted by molar-refractivity contribution is 9.09. The SMILES string of the molecule is O=C1CCc2cc(C(Br)C3C4CCCC43)ccc2N1. The van der Waals surface area contributed by atoms with E-state index in [1.807, 2.05) is 0 Å². The van der Waals surface area contributed by atoms with Crippen molar-refractivity contribution >= 4 is 27.5 Å². The fourth-order valence-electron chi connectivity index (χ4n) is 4.11. The molecule has 0 aromatic heterocycles. The van der Waals surface area contributed by atoms with E-state index in [4.69, 9.17) is 0 Å². The molecule has 3 aliphatic rings. The molecule has 2 saturated carbocycles. The minimum atomic E-state index is 0.146. The average molecular weight is 320 g/mol. The van der Waals surface area contributed by atoms with Crippen molar-refractivity contribution in [3.63, 3.8) is 0 Å². The highest BCUT2D eigenvalue weighted by Crippen LogP contribution is 2.64. The smallest absolute Gasteiger partial charge is 0.224 e. The number of fused-ring (bicyclic) bond motifs is 2. The Labute approximate surface area is 122 Å². The molecule has 1 amide bonds. The Morgan fingerprint density at radius 1 is 1.21 bits per heavy atom. The Morgan fingerprint density at radius 2 is 2.00 bits per heavy atom. The van der Waals surface area contributed by atoms with Crippen LogP contribution in [0.3, 0.4) is 0 Å². The first-order chi connectivity index (χ1) is 9.24. The number of rotatable bonds is 2. The van der Waals surface area contributed by atoms with Crippen molar-refractivity contribution in [1.29, 1.82) is 0 Å². The van der Waals surface area contributed by atoms with Gasteiger partial charge in [0.05, 0.1) is 0 Å². The van der Waals surface area contributed by atoms with E-state index < -0.39 is 0 Å². The largest absolute Gasteiger partial charge is 0.326 e. The predicted octanol–water partition coefficient (Wildman–Crippen LogP) is 4.05. The van der Waals surface area contributed by atoms with Crippen LogP contribution in [-0.4, -0.2) is 5.91 Å². The number of carbonyl (C=O) groups is 1. The van der Waals surface area contributed by atoms with Crippen LogP contribution in [0, 0.1) is 17.8 Å². The second kappa shape index (κ2) is 4.34. The maximum absolute atomic E-state index is 11.4. The monoisotopic (exact) mass is 319 g/mol. The second-order valence-electron chi connectivity index (χ2n) is 6.20. The maximum Gasteiger partial charge on any atom is 0.224 e. The second-order valence-corrected chi connectivity index (χ2v) is 7.19. The number of amides is 1. The molecule has 19 heavy (non-hydrogen) atoms. The van der Waals surface area contributed by atoms with Gasteiger partial charge in [0, 0.05) is 16.9 Å². The van der Waals surface area contributed by atoms with Crippen LogP contribution in [0.5, 0.6) is 0 Å². The predicted molar refractivity (Wildman–Crippen MR) is 79.4 cm³/mol. The molecule has 0 radical (unpaired) electrons. The van der Waals surface area contributed by atoms with E-state index >= 15 is 0 Å². The Hall–Kier alpha value is -0.830. The Morgan fingerprint density at radius 3 is 2.79 bits per heavy atom. The summed E-state index contributed by atoms with van der Waals surface area (Å²) in [6.07, 6.45) is 5.79. The van der Waals surface area contributed by atoms with Gasteiger partial charge in [0.25, 0.3) is 0 Å². The number of nitrogens with one attached hydrogen (secondary N) is 1. The van der Waals surface area contributed by atoms with Crippen LogP contribution in [0.1, 0.15) is 41.6 Å². The van der Waals surface area contributed by atoms with Gasteiger partial charge in [-0.3, -0.25) is 4.79 Å². The van der Waals surface area contributed by atoms with Gasteiger partial charge >= 0.3 is 0 Å². The summed E-state index contributed by atoms with van der Waals surface area (Å²) in [5.41, 5.74) is 3.71. The molecule has 1 aromatic rings. The molecule has 1 N–H and O–H groups in total. The zero-order valence-electron chi connectivity index (χ0n) is 10.9. The third kappa shape index (κ3) is 1.94. The summed E-state index contributed by atoms with van der Waals surface area (Å²) in [5, 5.41) is 2.96. The zero-order chi connectivity index (χ0) is 13.0. The first kappa shape index (κ1) is 12.0. The number of anilines is 1. The van der Waals surface area contributed by atoms with Gasteiger partial charge in [0.2, 0.25) is 5.91 Å². The normalized spacial score (nSPS) is 33.3. The first-order valence-corrected chi connectivity index (χ1v) is 8.22. The quantitative estimate of drug-likeness (QED) is 0.818. The van der Waals surface area contributed by atoms with Crippen LogP contribution >= 0.6 is 15.9 Å². The van der Waals surface area contributed by atoms with E-state index in [0.717, 1.165) is 29.9 Å². The molecule has 0 spiro atoms. The molecule has 2 aliphatic carbocycles. The van der Waals surface area contributed by atoms with Gasteiger partial charge in [-0.1, -0.05) is 34.5 Å². The van der Waals surface area contributed by atoms with E-state index in [9.17, 15) is 4.79 Å². The van der Waals surface area contributed by atoms with E-state index in [2.05, 4.69) is 39.4 Å². The molecule has 0 saturated heterocycles. The van der Waals surface area contributed by atoms with E-state index in [1.165, 1.54) is 30.4 Å². The van der Waals surface area contributed by atoms with Crippen LogP contribution in [-0.2, 0) is 11.2 Å². The van der Waals surface area contributed by atoms with Gasteiger partial charge in [-0.2, -0.15) is 0 Å². The lowest BCUT2D eigenvalue weighted by Crippen LogP contribution is -2.19. The highest BCUT2D eigenvalue weighted by Gasteiger charge is 2.55. The topological polar surface area (TPSA) is 29.1 Å². The van der Waals surface area contributed by atoms with Crippen LogP contribution < -0.4 is 5.32 Å². The number of benzene rings is 1. The molecular weight excluding hydrogens is 302 g/mol. The van der Waals surface area contributed by atoms with Crippen molar-refractivity contribution in [3.05, 3.63) is 29.3 Å². The van der Waals surface area contributed by atoms with Crippen molar-refractivity contribution in [1.82, 2.24) is 0 Å². The molecule has 3 atom stereocenters. The van der Waals surface area contributed by atoms with Gasteiger partial charge in [0.15, 0.2) is 0 Å². The lowest BCUT2D eigenvalue weighted by atomic mass is 9.96. The summed E-state index contributed by atoms with van der Waals surface area (Å²) < 4.78 is 0. The summed E-state index contributed by atoms with van der Waals surface area (Å²) in [4.78, 5) is 11.9. The number of halogens is 1. The lowest BCUT2D eigenvalue weighted by molar-refractivity contribution is -0.116. The molecule has 4 rings (SSSR count). The Bertz CT molecular complexity index is 532. The summed E-state index contributed by atoms with van der Waals surface area (Å²) >= 11 is 3.92. The van der Waals surface area contributed by atoms with Crippen molar-refractivity contribution in [3.8, 4) is 0 Å². The van der Waals surface area contributed by atoms with E-state index in [1.54, 1.807) is 0 Å². The molecule has 1 aromatic carbocycles. The summed E-state index contributed by atoms with van der Waals surface area (Å²) in [6.45, 7) is 0. The standard InChI is InChI=1S/C16H18BrNO/c17-16(15-11-2-1-3-12(11)15)10-4-6-13-9(8-10)5-7-14(19)18-13/h4,6,8,11-12,15-16H,1-3,5,7H2,(H,18,19). The van der Waals surface area contributed by atoms with Crippen molar-refractivity contribution in [2.75, 3.05) is 5.32 Å². The summed E-state index contributed by atoms with van der Waals surface area (Å²) in [6, 6.07) is 6.55. The highest BCUT2D eigenvalue weighted by atomic mass is 79.9. The van der Waals surface area contributed by atoms with Crippen LogP contribution in [0.15, 0.2) is 18.2 Å².